The molecule has 0 bridgehead atoms. The van der Waals surface area contributed by atoms with Crippen LogP contribution in [0.1, 0.15) is 61.9 Å². The van der Waals surface area contributed by atoms with Crippen LogP contribution in [0.3, 0.4) is 0 Å². The van der Waals surface area contributed by atoms with E-state index in [0.29, 0.717) is 60.6 Å². The highest BCUT2D eigenvalue weighted by molar-refractivity contribution is 7.91. The molecule has 0 fully saturated rings. The number of hydrogen-bond acceptors (Lipinski definition) is 10. The van der Waals surface area contributed by atoms with Crippen LogP contribution in [0.2, 0.25) is 5.02 Å². The predicted molar refractivity (Wildman–Crippen MR) is 173 cm³/mol. The summed E-state index contributed by atoms with van der Waals surface area (Å²) in [6.45, 7) is 5.76. The van der Waals surface area contributed by atoms with Crippen LogP contribution in [0.25, 0.3) is 0 Å². The van der Waals surface area contributed by atoms with Crippen LogP contribution in [0, 0.1) is 11.3 Å². The molecule has 0 saturated carbocycles. The number of benzene rings is 2. The Morgan fingerprint density at radius 2 is 1.67 bits per heavy atom. The smallest absolute Gasteiger partial charge is 0.329 e. The van der Waals surface area contributed by atoms with Gasteiger partial charge in [-0.2, -0.15) is 5.26 Å². The summed E-state index contributed by atoms with van der Waals surface area (Å²) in [7, 11) is -3.49. The minimum atomic E-state index is -3.49. The first kappa shape index (κ1) is 36.5. The fraction of sp³-hybridized carbons (Fsp3) is 0.438. The molecule has 46 heavy (non-hydrogen) atoms. The second kappa shape index (κ2) is 17.7. The molecule has 2 N–H and O–H groups in total. The first-order valence-corrected chi connectivity index (χ1v) is 16.9. The molecule has 3 aromatic rings. The van der Waals surface area contributed by atoms with Crippen LogP contribution in [0.4, 0.5) is 5.95 Å². The van der Waals surface area contributed by atoms with E-state index in [1.165, 1.54) is 6.20 Å². The summed E-state index contributed by atoms with van der Waals surface area (Å²) in [5.74, 6) is -0.0403. The Hall–Kier alpha value is -3.96. The van der Waals surface area contributed by atoms with Crippen molar-refractivity contribution >= 4 is 33.5 Å². The minimum absolute atomic E-state index is 0.0230. The Bertz CT molecular complexity index is 1590. The van der Waals surface area contributed by atoms with E-state index in [9.17, 15) is 18.5 Å². The van der Waals surface area contributed by atoms with Gasteiger partial charge >= 0.3 is 5.97 Å². The van der Waals surface area contributed by atoms with Crippen LogP contribution >= 0.6 is 11.6 Å². The fourth-order valence-corrected chi connectivity index (χ4v) is 5.05. The van der Waals surface area contributed by atoms with E-state index in [1.54, 1.807) is 12.1 Å². The first-order chi connectivity index (χ1) is 21.9. The number of carboxylic acid groups (broad SMARTS) is 1. The van der Waals surface area contributed by atoms with Gasteiger partial charge in [0.2, 0.25) is 16.0 Å². The summed E-state index contributed by atoms with van der Waals surface area (Å²) < 4.78 is 47.4. The highest BCUT2D eigenvalue weighted by atomic mass is 35.5. The number of aromatic nitrogens is 2. The summed E-state index contributed by atoms with van der Waals surface area (Å²) in [4.78, 5) is 18.5. The largest absolute Gasteiger partial charge is 0.491 e. The number of rotatable bonds is 20. The number of halogens is 1. The number of nitriles is 1. The van der Waals surface area contributed by atoms with Gasteiger partial charge in [0.25, 0.3) is 0 Å². The number of unbranched alkanes of at least 4 members (excludes halogenated alkanes) is 2. The van der Waals surface area contributed by atoms with Crippen LogP contribution in [-0.4, -0.2) is 68.8 Å². The van der Waals surface area contributed by atoms with Crippen molar-refractivity contribution in [2.75, 3.05) is 44.0 Å². The lowest BCUT2D eigenvalue weighted by molar-refractivity contribution is -0.142. The number of nitrogens with one attached hydrogen (secondary N) is 1. The number of hydrogen-bond donors (Lipinski definition) is 2. The number of nitrogens with zero attached hydrogens (tertiary/aromatic N) is 3. The van der Waals surface area contributed by atoms with E-state index >= 15 is 0 Å². The third-order valence-corrected chi connectivity index (χ3v) is 7.65. The van der Waals surface area contributed by atoms with Crippen molar-refractivity contribution in [1.82, 2.24) is 9.97 Å². The lowest BCUT2D eigenvalue weighted by Gasteiger charge is -2.27. The molecule has 0 unspecified atom stereocenters. The lowest BCUT2D eigenvalue weighted by atomic mass is 9.77. The van der Waals surface area contributed by atoms with E-state index < -0.39 is 21.4 Å². The molecule has 0 radical (unpaired) electrons. The van der Waals surface area contributed by atoms with Gasteiger partial charge in [-0.15, -0.1) is 0 Å². The van der Waals surface area contributed by atoms with Crippen molar-refractivity contribution in [1.29, 1.82) is 5.26 Å². The van der Waals surface area contributed by atoms with Crippen molar-refractivity contribution in [3.05, 3.63) is 76.1 Å². The van der Waals surface area contributed by atoms with Crippen LogP contribution in [-0.2, 0) is 36.3 Å². The number of aliphatic carboxylic acids is 1. The van der Waals surface area contributed by atoms with Gasteiger partial charge in [-0.25, -0.2) is 23.2 Å². The van der Waals surface area contributed by atoms with Gasteiger partial charge < -0.3 is 24.1 Å². The summed E-state index contributed by atoms with van der Waals surface area (Å²) in [5.41, 5.74) is 2.21. The zero-order chi connectivity index (χ0) is 33.6. The maximum Gasteiger partial charge on any atom is 0.329 e. The van der Waals surface area contributed by atoms with Crippen molar-refractivity contribution in [3.63, 3.8) is 0 Å². The zero-order valence-corrected chi connectivity index (χ0v) is 27.7. The summed E-state index contributed by atoms with van der Waals surface area (Å²) in [6, 6.07) is 15.0. The maximum atomic E-state index is 11.4. The van der Waals surface area contributed by atoms with Gasteiger partial charge in [0, 0.05) is 31.4 Å². The normalized spacial score (nSPS) is 11.5. The number of carbonyl (C=O) groups is 1. The van der Waals surface area contributed by atoms with E-state index in [2.05, 4.69) is 20.8 Å². The van der Waals surface area contributed by atoms with E-state index in [-0.39, 0.29) is 19.2 Å². The van der Waals surface area contributed by atoms with Gasteiger partial charge in [0.1, 0.15) is 25.0 Å². The molecule has 248 valence electrons. The van der Waals surface area contributed by atoms with Crippen LogP contribution in [0.15, 0.2) is 48.7 Å². The summed E-state index contributed by atoms with van der Waals surface area (Å²) in [5, 5.41) is 18.8. The quantitative estimate of drug-likeness (QED) is 0.148. The average Bonchev–Trinajstić information content (AvgIpc) is 3.00. The number of ether oxygens (including phenoxy) is 4. The molecule has 14 heteroatoms. The molecule has 0 atom stereocenters. The molecule has 1 aromatic heterocycles. The molecule has 1 heterocycles. The molecule has 0 aliphatic carbocycles. The highest BCUT2D eigenvalue weighted by Gasteiger charge is 2.26. The minimum Gasteiger partial charge on any atom is -0.491 e. The van der Waals surface area contributed by atoms with Crippen LogP contribution < -0.4 is 14.2 Å². The van der Waals surface area contributed by atoms with Crippen molar-refractivity contribution < 1.29 is 37.3 Å². The van der Waals surface area contributed by atoms with E-state index in [4.69, 9.17) is 35.7 Å². The average molecular weight is 675 g/mol. The highest BCUT2D eigenvalue weighted by Crippen LogP contribution is 2.38. The molecule has 3 rings (SSSR count). The Morgan fingerprint density at radius 3 is 2.37 bits per heavy atom. The summed E-state index contributed by atoms with van der Waals surface area (Å²) >= 11 is 6.62. The lowest BCUT2D eigenvalue weighted by Crippen LogP contribution is -2.19. The van der Waals surface area contributed by atoms with E-state index in [1.807, 2.05) is 44.2 Å². The number of anilines is 1. The molecule has 0 aliphatic heterocycles. The topological polar surface area (TPSA) is 170 Å². The molecule has 0 amide bonds. The molecular weight excluding hydrogens is 636 g/mol. The standard InChI is InChI=1S/C32H39ClN4O8S/c1-32(2,24-8-10-27(11-9-24)45-21-26-12-13-35-31(36-26)37-46(3,40)41)25-18-23(20-34)30(28(33)19-25)44-17-6-4-5-14-42-15-7-16-43-22-29(38)39/h8-13,18-19H,4-7,14-17,21-22H2,1-3H3,(H,38,39)(H,35,36,37). The van der Waals surface area contributed by atoms with Crippen molar-refractivity contribution in [3.8, 4) is 17.6 Å². The second-order valence-corrected chi connectivity index (χ2v) is 13.1. The van der Waals surface area contributed by atoms with Crippen molar-refractivity contribution in [2.24, 2.45) is 0 Å². The van der Waals surface area contributed by atoms with Crippen molar-refractivity contribution in [2.45, 2.75) is 51.6 Å². The maximum absolute atomic E-state index is 11.4. The first-order valence-electron chi connectivity index (χ1n) is 14.7. The molecule has 0 spiro atoms. The van der Waals surface area contributed by atoms with Crippen LogP contribution in [0.5, 0.6) is 11.5 Å². The molecular formula is C32H39ClN4O8S. The monoisotopic (exact) mass is 674 g/mol. The number of sulfonamides is 1. The third kappa shape index (κ3) is 12.1. The second-order valence-electron chi connectivity index (χ2n) is 11.0. The van der Waals surface area contributed by atoms with Gasteiger partial charge in [-0.1, -0.05) is 37.6 Å². The SMILES string of the molecule is CC(C)(c1ccc(OCc2ccnc(NS(C)(=O)=O)n2)cc1)c1cc(Cl)c(OCCCCCOCCCOCC(=O)O)c(C#N)c1. The molecule has 0 saturated heterocycles. The Labute approximate surface area is 274 Å². The molecule has 0 aliphatic rings. The predicted octanol–water partition coefficient (Wildman–Crippen LogP) is 5.34. The van der Waals surface area contributed by atoms with Gasteiger partial charge in [-0.05, 0) is 67.1 Å². The Kier molecular flexibility index (Phi) is 14.0. The van der Waals surface area contributed by atoms with Gasteiger partial charge in [0.15, 0.2) is 5.75 Å². The van der Waals surface area contributed by atoms with Gasteiger partial charge in [-0.3, -0.25) is 4.72 Å². The zero-order valence-electron chi connectivity index (χ0n) is 26.1. The molecule has 2 aromatic carbocycles. The van der Waals surface area contributed by atoms with Gasteiger partial charge in [0.05, 0.1) is 29.1 Å². The summed E-state index contributed by atoms with van der Waals surface area (Å²) in [6.07, 6.45) is 5.61. The fourth-order valence-electron chi connectivity index (χ4n) is 4.35. The number of carboxylic acids is 1. The Balaban J connectivity index is 1.50. The third-order valence-electron chi connectivity index (χ3n) is 6.82. The van der Waals surface area contributed by atoms with E-state index in [0.717, 1.165) is 36.6 Å². The molecule has 12 nitrogen and oxygen atoms in total. The Morgan fingerprint density at radius 1 is 0.978 bits per heavy atom.